The van der Waals surface area contributed by atoms with Crippen LogP contribution in [0.1, 0.15) is 51.9 Å². The van der Waals surface area contributed by atoms with E-state index in [4.69, 9.17) is 4.74 Å². The average Bonchev–Trinajstić information content (AvgIpc) is 2.45. The molecule has 0 amide bonds. The molecule has 1 rings (SSSR count). The van der Waals surface area contributed by atoms with E-state index in [1.54, 1.807) is 6.92 Å². The van der Waals surface area contributed by atoms with Gasteiger partial charge in [0, 0.05) is 6.42 Å². The van der Waals surface area contributed by atoms with Gasteiger partial charge in [0.25, 0.3) is 0 Å². The van der Waals surface area contributed by atoms with Crippen molar-refractivity contribution in [2.24, 2.45) is 0 Å². The van der Waals surface area contributed by atoms with Crippen LogP contribution in [0.15, 0.2) is 0 Å². The van der Waals surface area contributed by atoms with Gasteiger partial charge in [-0.3, -0.25) is 4.79 Å². The van der Waals surface area contributed by atoms with Gasteiger partial charge < -0.3 is 4.74 Å². The highest BCUT2D eigenvalue weighted by molar-refractivity contribution is 6.33. The minimum atomic E-state index is -0.639. The van der Waals surface area contributed by atoms with Crippen molar-refractivity contribution < 1.29 is 14.3 Å². The van der Waals surface area contributed by atoms with E-state index in [2.05, 4.69) is 0 Å². The molecule has 0 atom stereocenters. The number of carbonyl (C=O) groups excluding carboxylic acids is 2. The molecule has 1 saturated carbocycles. The number of ether oxygens (including phenoxy) is 1. The maximum absolute atomic E-state index is 11.2. The zero-order valence-corrected chi connectivity index (χ0v) is 8.75. The lowest BCUT2D eigenvalue weighted by Crippen LogP contribution is -2.23. The van der Waals surface area contributed by atoms with Gasteiger partial charge in [-0.2, -0.15) is 0 Å². The van der Waals surface area contributed by atoms with Gasteiger partial charge in [0.2, 0.25) is 5.78 Å². The van der Waals surface area contributed by atoms with Crippen molar-refractivity contribution in [1.82, 2.24) is 0 Å². The van der Waals surface area contributed by atoms with Gasteiger partial charge in [-0.1, -0.05) is 19.8 Å². The molecule has 14 heavy (non-hydrogen) atoms. The van der Waals surface area contributed by atoms with Crippen molar-refractivity contribution >= 4 is 11.8 Å². The van der Waals surface area contributed by atoms with Crippen molar-refractivity contribution in [3.63, 3.8) is 0 Å². The number of Topliss-reactive ketones (excluding diaryl/α,β-unsaturated/α-hetero) is 1. The summed E-state index contributed by atoms with van der Waals surface area (Å²) in [5, 5.41) is 0. The molecule has 0 aromatic carbocycles. The minimum absolute atomic E-state index is 0.0134. The summed E-state index contributed by atoms with van der Waals surface area (Å²) in [4.78, 5) is 22.2. The number of ketones is 1. The minimum Gasteiger partial charge on any atom is -0.457 e. The predicted octanol–water partition coefficient (Wildman–Crippen LogP) is 2.23. The predicted molar refractivity (Wildman–Crippen MR) is 52.9 cm³/mol. The molecule has 0 heterocycles. The third-order valence-electron chi connectivity index (χ3n) is 2.62. The molecule has 80 valence electrons. The zero-order valence-electron chi connectivity index (χ0n) is 8.75. The van der Waals surface area contributed by atoms with Crippen LogP contribution in [-0.2, 0) is 14.3 Å². The molecule has 0 aliphatic heterocycles. The second-order valence-corrected chi connectivity index (χ2v) is 3.80. The fourth-order valence-corrected chi connectivity index (χ4v) is 1.72. The Morgan fingerprint density at radius 2 is 1.71 bits per heavy atom. The molecule has 1 fully saturated rings. The standard InChI is InChI=1S/C11H18O3/c1-2-10(12)11(13)14-9-7-5-3-4-6-8-9/h9H,2-8H2,1H3. The number of hydrogen-bond donors (Lipinski definition) is 0. The largest absolute Gasteiger partial charge is 0.457 e. The smallest absolute Gasteiger partial charge is 0.374 e. The topological polar surface area (TPSA) is 43.4 Å². The summed E-state index contributed by atoms with van der Waals surface area (Å²) in [5.41, 5.74) is 0. The first-order valence-electron chi connectivity index (χ1n) is 5.48. The fraction of sp³-hybridized carbons (Fsp3) is 0.818. The van der Waals surface area contributed by atoms with E-state index in [9.17, 15) is 9.59 Å². The van der Waals surface area contributed by atoms with Gasteiger partial charge in [0.05, 0.1) is 0 Å². The Kier molecular flexibility index (Phi) is 4.63. The van der Waals surface area contributed by atoms with Crippen molar-refractivity contribution in [2.75, 3.05) is 0 Å². The van der Waals surface area contributed by atoms with Crippen molar-refractivity contribution in [1.29, 1.82) is 0 Å². The molecule has 0 radical (unpaired) electrons. The first kappa shape index (κ1) is 11.2. The first-order valence-corrected chi connectivity index (χ1v) is 5.48. The third-order valence-corrected chi connectivity index (χ3v) is 2.62. The van der Waals surface area contributed by atoms with Gasteiger partial charge in [-0.15, -0.1) is 0 Å². The maximum Gasteiger partial charge on any atom is 0.374 e. The summed E-state index contributed by atoms with van der Waals surface area (Å²) in [6.45, 7) is 1.68. The number of rotatable bonds is 3. The van der Waals surface area contributed by atoms with Crippen LogP contribution < -0.4 is 0 Å². The van der Waals surface area contributed by atoms with Crippen molar-refractivity contribution in [3.05, 3.63) is 0 Å². The van der Waals surface area contributed by atoms with Crippen molar-refractivity contribution in [2.45, 2.75) is 58.0 Å². The van der Waals surface area contributed by atoms with Crippen LogP contribution in [0.3, 0.4) is 0 Å². The molecule has 3 heteroatoms. The lowest BCUT2D eigenvalue weighted by molar-refractivity contribution is -0.158. The van der Waals surface area contributed by atoms with E-state index < -0.39 is 11.8 Å². The summed E-state index contributed by atoms with van der Waals surface area (Å²) in [6, 6.07) is 0. The Morgan fingerprint density at radius 1 is 1.14 bits per heavy atom. The molecule has 0 spiro atoms. The van der Waals surface area contributed by atoms with Crippen LogP contribution in [0.5, 0.6) is 0 Å². The van der Waals surface area contributed by atoms with Crippen LogP contribution in [0.4, 0.5) is 0 Å². The van der Waals surface area contributed by atoms with Crippen LogP contribution >= 0.6 is 0 Å². The van der Waals surface area contributed by atoms with Gasteiger partial charge in [-0.25, -0.2) is 4.79 Å². The SMILES string of the molecule is CCC(=O)C(=O)OC1CCCCCC1. The molecule has 3 nitrogen and oxygen atoms in total. The Morgan fingerprint density at radius 3 is 2.21 bits per heavy atom. The molecular weight excluding hydrogens is 180 g/mol. The highest BCUT2D eigenvalue weighted by Crippen LogP contribution is 2.19. The summed E-state index contributed by atoms with van der Waals surface area (Å²) in [7, 11) is 0. The summed E-state index contributed by atoms with van der Waals surface area (Å²) >= 11 is 0. The van der Waals surface area contributed by atoms with E-state index in [1.165, 1.54) is 12.8 Å². The number of esters is 1. The first-order chi connectivity index (χ1) is 6.74. The molecule has 0 unspecified atom stereocenters. The Hall–Kier alpha value is -0.860. The van der Waals surface area contributed by atoms with Crippen molar-refractivity contribution in [3.8, 4) is 0 Å². The van der Waals surface area contributed by atoms with Crippen LogP contribution in [0.25, 0.3) is 0 Å². The monoisotopic (exact) mass is 198 g/mol. The fourth-order valence-electron chi connectivity index (χ4n) is 1.72. The molecule has 0 aromatic heterocycles. The summed E-state index contributed by atoms with van der Waals surface area (Å²) < 4.78 is 5.14. The van der Waals surface area contributed by atoms with E-state index in [1.807, 2.05) is 0 Å². The van der Waals surface area contributed by atoms with Gasteiger partial charge in [0.15, 0.2) is 0 Å². The third kappa shape index (κ3) is 3.48. The molecule has 1 aliphatic carbocycles. The van der Waals surface area contributed by atoms with Gasteiger partial charge >= 0.3 is 5.97 Å². The number of hydrogen-bond acceptors (Lipinski definition) is 3. The number of carbonyl (C=O) groups is 2. The molecular formula is C11H18O3. The van der Waals surface area contributed by atoms with Crippen LogP contribution in [-0.4, -0.2) is 17.9 Å². The maximum atomic E-state index is 11.2. The average molecular weight is 198 g/mol. The lowest BCUT2D eigenvalue weighted by atomic mass is 10.1. The second-order valence-electron chi connectivity index (χ2n) is 3.80. The Balaban J connectivity index is 2.34. The van der Waals surface area contributed by atoms with Crippen LogP contribution in [0.2, 0.25) is 0 Å². The Bertz CT molecular complexity index is 203. The summed E-state index contributed by atoms with van der Waals surface area (Å²) in [5.74, 6) is -1.05. The van der Waals surface area contributed by atoms with Gasteiger partial charge in [-0.05, 0) is 25.7 Å². The van der Waals surface area contributed by atoms with E-state index >= 15 is 0 Å². The normalized spacial score (nSPS) is 18.6. The lowest BCUT2D eigenvalue weighted by Gasteiger charge is -2.14. The molecule has 0 N–H and O–H groups in total. The van der Waals surface area contributed by atoms with Crippen LogP contribution in [0, 0.1) is 0 Å². The van der Waals surface area contributed by atoms with E-state index in [-0.39, 0.29) is 12.5 Å². The highest BCUT2D eigenvalue weighted by Gasteiger charge is 2.20. The van der Waals surface area contributed by atoms with Gasteiger partial charge in [0.1, 0.15) is 6.10 Å². The molecule has 1 aliphatic rings. The quantitative estimate of drug-likeness (QED) is 0.397. The molecule has 0 saturated heterocycles. The molecule has 0 bridgehead atoms. The Labute approximate surface area is 84.8 Å². The molecule has 0 aromatic rings. The summed E-state index contributed by atoms with van der Waals surface area (Å²) in [6.07, 6.45) is 6.72. The zero-order chi connectivity index (χ0) is 10.4. The highest BCUT2D eigenvalue weighted by atomic mass is 16.5. The van der Waals surface area contributed by atoms with E-state index in [0.717, 1.165) is 25.7 Å². The van der Waals surface area contributed by atoms with E-state index in [0.29, 0.717) is 0 Å². The second kappa shape index (κ2) is 5.78.